The summed E-state index contributed by atoms with van der Waals surface area (Å²) in [6.45, 7) is 2.21. The third-order valence-corrected chi connectivity index (χ3v) is 4.50. The molecule has 0 atom stereocenters. The van der Waals surface area contributed by atoms with Crippen LogP contribution in [0.25, 0.3) is 0 Å². The van der Waals surface area contributed by atoms with E-state index in [0.29, 0.717) is 6.42 Å². The van der Waals surface area contributed by atoms with E-state index < -0.39 is 10.1 Å². The summed E-state index contributed by atoms with van der Waals surface area (Å²) in [7, 11) is -4.09. The molecule has 0 heterocycles. The molecule has 0 aliphatic carbocycles. The van der Waals surface area contributed by atoms with Crippen LogP contribution < -0.4 is 0 Å². The normalized spacial score (nSPS) is 11.1. The minimum atomic E-state index is -4.09. The van der Waals surface area contributed by atoms with Crippen LogP contribution in [0.4, 0.5) is 0 Å². The van der Waals surface area contributed by atoms with Gasteiger partial charge in [-0.3, -0.25) is 4.55 Å². The van der Waals surface area contributed by atoms with Gasteiger partial charge in [0, 0.05) is 41.7 Å². The van der Waals surface area contributed by atoms with Gasteiger partial charge in [-0.15, -0.1) is 0 Å². The molecule has 0 saturated carbocycles. The topological polar surface area (TPSA) is 54.4 Å². The molecule has 0 aliphatic rings. The summed E-state index contributed by atoms with van der Waals surface area (Å²) >= 11 is 0. The van der Waals surface area contributed by atoms with Crippen molar-refractivity contribution in [2.75, 3.05) is 0 Å². The summed E-state index contributed by atoms with van der Waals surface area (Å²) in [6, 6.07) is 6.70. The molecule has 0 fully saturated rings. The number of hydrogen-bond acceptors (Lipinski definition) is 2. The van der Waals surface area contributed by atoms with Gasteiger partial charge in [0.25, 0.3) is 10.1 Å². The van der Waals surface area contributed by atoms with Crippen molar-refractivity contribution in [3.8, 4) is 0 Å². The maximum atomic E-state index is 11.2. The second-order valence-corrected chi connectivity index (χ2v) is 6.70. The summed E-state index contributed by atoms with van der Waals surface area (Å²) in [5.41, 5.74) is 0.723. The van der Waals surface area contributed by atoms with Gasteiger partial charge in [-0.05, 0) is 24.5 Å². The molecule has 118 valence electrons. The van der Waals surface area contributed by atoms with Crippen LogP contribution in [-0.4, -0.2) is 13.0 Å². The standard InChI is InChI=1S/C16H26O3S.Ce/c1-2-3-4-5-6-7-8-9-12-15-13-10-11-14-16(15)20(17,18)19;/h10-11,13-14H,2-9,12H2,1H3,(H,17,18,19);. The first-order chi connectivity index (χ1) is 9.55. The van der Waals surface area contributed by atoms with Crippen molar-refractivity contribution in [2.24, 2.45) is 0 Å². The summed E-state index contributed by atoms with van der Waals surface area (Å²) < 4.78 is 31.7. The molecule has 1 aromatic rings. The Morgan fingerprint density at radius 2 is 1.43 bits per heavy atom. The molecular weight excluding hydrogens is 412 g/mol. The SMILES string of the molecule is CCCCCCCCCCc1ccccc1S(=O)(=O)O.[Ce]. The average Bonchev–Trinajstić information content (AvgIpc) is 2.41. The molecule has 1 N–H and O–H groups in total. The Hall–Kier alpha value is 0.507. The zero-order valence-electron chi connectivity index (χ0n) is 12.8. The van der Waals surface area contributed by atoms with Gasteiger partial charge in [-0.1, -0.05) is 70.1 Å². The summed E-state index contributed by atoms with van der Waals surface area (Å²) in [4.78, 5) is 0.0583. The monoisotopic (exact) mass is 438 g/mol. The largest absolute Gasteiger partial charge is 0.294 e. The number of aryl methyl sites for hydroxylation is 1. The van der Waals surface area contributed by atoms with E-state index in [0.717, 1.165) is 18.4 Å². The van der Waals surface area contributed by atoms with E-state index in [4.69, 9.17) is 4.55 Å². The van der Waals surface area contributed by atoms with Gasteiger partial charge in [0.05, 0.1) is 4.90 Å². The van der Waals surface area contributed by atoms with Gasteiger partial charge in [-0.2, -0.15) is 8.42 Å². The first-order valence-electron chi connectivity index (χ1n) is 7.61. The minimum Gasteiger partial charge on any atom is -0.282 e. The summed E-state index contributed by atoms with van der Waals surface area (Å²) in [5.74, 6) is 0. The van der Waals surface area contributed by atoms with Crippen LogP contribution in [0.5, 0.6) is 0 Å². The molecule has 3 nitrogen and oxygen atoms in total. The van der Waals surface area contributed by atoms with Crippen molar-refractivity contribution in [3.05, 3.63) is 29.8 Å². The van der Waals surface area contributed by atoms with Crippen molar-refractivity contribution in [2.45, 2.75) is 69.6 Å². The first kappa shape index (κ1) is 21.5. The first-order valence-corrected chi connectivity index (χ1v) is 9.05. The Morgan fingerprint density at radius 3 is 2.00 bits per heavy atom. The Balaban J connectivity index is 0.00000400. The molecule has 0 radical (unpaired) electrons. The van der Waals surface area contributed by atoms with Crippen LogP contribution in [0, 0.1) is 41.7 Å². The molecule has 1 aromatic carbocycles. The van der Waals surface area contributed by atoms with E-state index in [1.54, 1.807) is 12.1 Å². The Morgan fingerprint density at radius 1 is 0.905 bits per heavy atom. The van der Waals surface area contributed by atoms with Crippen LogP contribution in [0.15, 0.2) is 29.2 Å². The van der Waals surface area contributed by atoms with Gasteiger partial charge >= 0.3 is 0 Å². The van der Waals surface area contributed by atoms with Crippen molar-refractivity contribution < 1.29 is 54.7 Å². The van der Waals surface area contributed by atoms with Gasteiger partial charge in [-0.25, -0.2) is 0 Å². The number of hydrogen-bond donors (Lipinski definition) is 1. The van der Waals surface area contributed by atoms with E-state index >= 15 is 0 Å². The fourth-order valence-electron chi connectivity index (χ4n) is 2.41. The molecule has 0 aromatic heterocycles. The second-order valence-electron chi connectivity index (χ2n) is 5.31. The number of rotatable bonds is 10. The quantitative estimate of drug-likeness (QED) is 0.429. The third kappa shape index (κ3) is 9.28. The van der Waals surface area contributed by atoms with Gasteiger partial charge < -0.3 is 0 Å². The molecule has 0 aliphatic heterocycles. The van der Waals surface area contributed by atoms with Crippen LogP contribution in [-0.2, 0) is 16.5 Å². The van der Waals surface area contributed by atoms with Crippen molar-refractivity contribution in [1.29, 1.82) is 0 Å². The number of benzene rings is 1. The molecule has 0 amide bonds. The van der Waals surface area contributed by atoms with Crippen LogP contribution in [0.1, 0.15) is 63.9 Å². The Kier molecular flexibility index (Phi) is 12.3. The average molecular weight is 439 g/mol. The van der Waals surface area contributed by atoms with E-state index in [1.807, 2.05) is 6.07 Å². The van der Waals surface area contributed by atoms with Gasteiger partial charge in [0.2, 0.25) is 0 Å². The predicted molar refractivity (Wildman–Crippen MR) is 82.6 cm³/mol. The fourth-order valence-corrected chi connectivity index (χ4v) is 3.16. The summed E-state index contributed by atoms with van der Waals surface area (Å²) in [6.07, 6.45) is 10.5. The predicted octanol–water partition coefficient (Wildman–Crippen LogP) is 4.62. The van der Waals surface area contributed by atoms with E-state index in [-0.39, 0.29) is 46.6 Å². The van der Waals surface area contributed by atoms with Crippen molar-refractivity contribution >= 4 is 10.1 Å². The van der Waals surface area contributed by atoms with Crippen molar-refractivity contribution in [1.82, 2.24) is 0 Å². The molecule has 21 heavy (non-hydrogen) atoms. The van der Waals surface area contributed by atoms with Gasteiger partial charge in [0.15, 0.2) is 0 Å². The van der Waals surface area contributed by atoms with E-state index in [1.165, 1.54) is 44.6 Å². The van der Waals surface area contributed by atoms with Crippen LogP contribution >= 0.6 is 0 Å². The van der Waals surface area contributed by atoms with Crippen LogP contribution in [0.2, 0.25) is 0 Å². The second kappa shape index (κ2) is 12.0. The summed E-state index contributed by atoms with van der Waals surface area (Å²) in [5, 5.41) is 0. The van der Waals surface area contributed by atoms with E-state index in [2.05, 4.69) is 6.92 Å². The maximum Gasteiger partial charge on any atom is 0.294 e. The molecule has 0 saturated heterocycles. The third-order valence-electron chi connectivity index (χ3n) is 3.55. The van der Waals surface area contributed by atoms with Crippen LogP contribution in [0.3, 0.4) is 0 Å². The molecular formula is C16H26CeO3S. The van der Waals surface area contributed by atoms with E-state index in [9.17, 15) is 8.42 Å². The molecule has 5 heteroatoms. The Labute approximate surface area is 163 Å². The van der Waals surface area contributed by atoms with Crippen molar-refractivity contribution in [3.63, 3.8) is 0 Å². The molecule has 0 spiro atoms. The zero-order chi connectivity index (χ0) is 14.8. The maximum absolute atomic E-state index is 11.2. The Bertz CT molecular complexity index is 486. The molecule has 0 unspecified atom stereocenters. The minimum absolute atomic E-state index is 0. The molecule has 1 rings (SSSR count). The number of unbranched alkanes of at least 4 members (excludes halogenated alkanes) is 7. The fraction of sp³-hybridized carbons (Fsp3) is 0.625. The smallest absolute Gasteiger partial charge is 0.282 e. The zero-order valence-corrected chi connectivity index (χ0v) is 16.8. The van der Waals surface area contributed by atoms with Gasteiger partial charge in [0.1, 0.15) is 0 Å². The molecule has 0 bridgehead atoms.